The summed E-state index contributed by atoms with van der Waals surface area (Å²) in [5.74, 6) is -3.36. The van der Waals surface area contributed by atoms with Crippen molar-refractivity contribution in [3.63, 3.8) is 0 Å². The second kappa shape index (κ2) is 29.3. The number of aliphatic carboxylic acids is 4. The number of carboxylic acids is 4. The molecule has 4 bridgehead atoms. The van der Waals surface area contributed by atoms with E-state index >= 15 is 0 Å². The number of aliphatic hydroxyl groups is 1. The molecule has 0 unspecified atom stereocenters. The van der Waals surface area contributed by atoms with E-state index in [1.165, 1.54) is 0 Å². The minimum absolute atomic E-state index is 0. The van der Waals surface area contributed by atoms with Gasteiger partial charge in [-0.1, -0.05) is 31.2 Å². The zero-order valence-electron chi connectivity index (χ0n) is 47.9. The molecule has 26 heteroatoms. The Kier molecular flexibility index (Phi) is 22.9. The maximum Gasteiger partial charge on any atom is 0.330 e. The number of carbonyl (C=O) groups is 6. The molecule has 9 rings (SSSR count). The number of aliphatic hydroxyl groups excluding tert-OH is 1. The number of carboxylic acid groups (broad SMARTS) is 4. The molecule has 1 aliphatic heterocycles. The first-order valence-corrected chi connectivity index (χ1v) is 28.3. The van der Waals surface area contributed by atoms with Gasteiger partial charge < -0.3 is 50.5 Å². The number of ether oxygens (including phenoxy) is 2. The van der Waals surface area contributed by atoms with Crippen LogP contribution in [0, 0.1) is 60.5 Å². The fourth-order valence-electron chi connectivity index (χ4n) is 12.9. The predicted molar refractivity (Wildman–Crippen MR) is 300 cm³/mol. The molecule has 1 saturated heterocycles. The predicted octanol–water partition coefficient (Wildman–Crippen LogP) is 2.22. The Bertz CT molecular complexity index is 2840. The van der Waals surface area contributed by atoms with Gasteiger partial charge in [-0.3, -0.25) is 48.3 Å². The average molecular weight is 1320 g/mol. The van der Waals surface area contributed by atoms with Gasteiger partial charge in [-0.2, -0.15) is 5.10 Å². The van der Waals surface area contributed by atoms with Crippen LogP contribution in [0.5, 0.6) is 11.5 Å². The van der Waals surface area contributed by atoms with E-state index in [9.17, 15) is 54.3 Å². The van der Waals surface area contributed by atoms with Gasteiger partial charge in [0.05, 0.1) is 69.6 Å². The number of rotatable bonds is 25. The van der Waals surface area contributed by atoms with Crippen LogP contribution in [-0.2, 0) is 30.5 Å². The van der Waals surface area contributed by atoms with Crippen LogP contribution in [0.1, 0.15) is 74.3 Å². The Morgan fingerprint density at radius 3 is 1.77 bits per heavy atom. The van der Waals surface area contributed by atoms with Crippen molar-refractivity contribution >= 4 is 35.7 Å². The van der Waals surface area contributed by atoms with Gasteiger partial charge in [0.15, 0.2) is 5.69 Å². The number of hydrogen-bond acceptors (Lipinski definition) is 17. The maximum atomic E-state index is 14.5. The van der Waals surface area contributed by atoms with E-state index in [-0.39, 0.29) is 145 Å². The molecular formula is C57H80LuN12O13. The fourth-order valence-corrected chi connectivity index (χ4v) is 12.9. The van der Waals surface area contributed by atoms with Gasteiger partial charge in [0.2, 0.25) is 5.91 Å². The van der Waals surface area contributed by atoms with E-state index in [1.807, 2.05) is 59.4 Å². The Morgan fingerprint density at radius 2 is 1.28 bits per heavy atom. The van der Waals surface area contributed by atoms with Crippen molar-refractivity contribution in [2.45, 2.75) is 76.5 Å². The van der Waals surface area contributed by atoms with Gasteiger partial charge in [-0.15, -0.1) is 5.10 Å². The van der Waals surface area contributed by atoms with E-state index in [2.05, 4.69) is 34.8 Å². The first-order chi connectivity index (χ1) is 39.2. The van der Waals surface area contributed by atoms with Crippen molar-refractivity contribution in [3.05, 3.63) is 59.9 Å². The number of methoxy groups -OCH3 is 2. The monoisotopic (exact) mass is 1320 g/mol. The topological polar surface area (TPSA) is 311 Å². The zero-order chi connectivity index (χ0) is 58.8. The summed E-state index contributed by atoms with van der Waals surface area (Å²) in [5.41, 5.74) is 2.83. The summed E-state index contributed by atoms with van der Waals surface area (Å²) < 4.78 is 15.2. The molecule has 2 aromatic carbocycles. The average Bonchev–Trinajstić information content (AvgIpc) is 3.79. The first-order valence-electron chi connectivity index (χ1n) is 28.3. The second-order valence-corrected chi connectivity index (χ2v) is 23.0. The van der Waals surface area contributed by atoms with Crippen molar-refractivity contribution in [2.24, 2.45) is 23.7 Å². The van der Waals surface area contributed by atoms with Gasteiger partial charge in [-0.25, -0.2) is 9.48 Å². The summed E-state index contributed by atoms with van der Waals surface area (Å²) in [4.78, 5) is 84.8. The maximum absolute atomic E-state index is 14.5. The molecule has 4 saturated carbocycles. The van der Waals surface area contributed by atoms with E-state index < -0.39 is 41.4 Å². The summed E-state index contributed by atoms with van der Waals surface area (Å²) in [5, 5.41) is 70.1. The standard InChI is InChI=1S/C57H80N12O13.Lu/c1-36(2)43-27-39(10-11-46(43)69-47(54-48(81-4)8-6-9-49(54)82-5)28-44(61-69)55(78)59-57(56(79)80)40-23-37-22-38(25-40)26-41(57)24-37)45-31-68(62-60-45)13-7-12-63(3)30-42(70)29-58-50(71)32-64-14-16-65(33-51(72)73)18-20-67(35-53(76)77)21-19-66(17-15-64)34-52(74)75;/h6,8-11,27-28,31,36-38,40-42,70H,7,12-26,29-30,32-35H2,1-5H3,(H,58,71)(H,59,78)(H,72,73)(H,74,75)(H,76,77)(H,79,80);/t37?,38?,40?,41?,42-,57?;/m0./s1. The number of aryl methyl sites for hydroxylation is 1. The Labute approximate surface area is 512 Å². The van der Waals surface area contributed by atoms with Crippen molar-refractivity contribution in [1.82, 2.24) is 59.9 Å². The quantitative estimate of drug-likeness (QED) is 0.0500. The summed E-state index contributed by atoms with van der Waals surface area (Å²) in [6, 6.07) is 13.0. The van der Waals surface area contributed by atoms with Crippen molar-refractivity contribution in [1.29, 1.82) is 0 Å². The van der Waals surface area contributed by atoms with Gasteiger partial charge in [0.1, 0.15) is 22.7 Å². The molecule has 461 valence electrons. The largest absolute Gasteiger partial charge is 0.496 e. The molecule has 2 amide bonds. The molecule has 4 aromatic rings. The van der Waals surface area contributed by atoms with E-state index in [0.29, 0.717) is 78.6 Å². The Morgan fingerprint density at radius 1 is 0.747 bits per heavy atom. The molecule has 83 heavy (non-hydrogen) atoms. The third kappa shape index (κ3) is 16.3. The molecule has 25 nitrogen and oxygen atoms in total. The van der Waals surface area contributed by atoms with Gasteiger partial charge in [-0.05, 0) is 118 Å². The Balaban J connectivity index is 0.00000990. The van der Waals surface area contributed by atoms with Crippen LogP contribution in [0.3, 0.4) is 0 Å². The third-order valence-electron chi connectivity index (χ3n) is 16.8. The molecular weight excluding hydrogens is 1240 g/mol. The zero-order valence-corrected chi connectivity index (χ0v) is 49.5. The van der Waals surface area contributed by atoms with Crippen molar-refractivity contribution in [2.75, 3.05) is 119 Å². The number of hydrogen-bond donors (Lipinski definition) is 7. The summed E-state index contributed by atoms with van der Waals surface area (Å²) in [6.45, 7) is 6.81. The smallest absolute Gasteiger partial charge is 0.330 e. The third-order valence-corrected chi connectivity index (χ3v) is 16.8. The van der Waals surface area contributed by atoms with Gasteiger partial charge in [0, 0.05) is 114 Å². The summed E-state index contributed by atoms with van der Waals surface area (Å²) in [7, 11) is 4.99. The fraction of sp³-hybridized carbons (Fsp3) is 0.596. The molecule has 1 atom stereocenters. The van der Waals surface area contributed by atoms with Crippen LogP contribution in [-0.4, -0.2) is 242 Å². The molecule has 1 radical (unpaired) electrons. The van der Waals surface area contributed by atoms with Crippen LogP contribution >= 0.6 is 0 Å². The molecule has 3 heterocycles. The molecule has 0 spiro atoms. The van der Waals surface area contributed by atoms with Crippen LogP contribution < -0.4 is 20.1 Å². The van der Waals surface area contributed by atoms with E-state index in [0.717, 1.165) is 43.2 Å². The molecule has 7 N–H and O–H groups in total. The normalized spacial score (nSPS) is 22.1. The van der Waals surface area contributed by atoms with Crippen LogP contribution in [0.25, 0.3) is 28.2 Å². The van der Waals surface area contributed by atoms with Crippen LogP contribution in [0.15, 0.2) is 48.7 Å². The number of aromatic nitrogens is 5. The molecule has 5 fully saturated rings. The number of carbonyl (C=O) groups excluding carboxylic acids is 2. The molecule has 2 aromatic heterocycles. The van der Waals surface area contributed by atoms with Gasteiger partial charge in [0.25, 0.3) is 5.91 Å². The minimum atomic E-state index is -1.37. The Hall–Kier alpha value is -5.80. The minimum Gasteiger partial charge on any atom is -0.496 e. The number of nitrogens with one attached hydrogen (secondary N) is 2. The first kappa shape index (κ1) is 64.8. The number of amides is 2. The van der Waals surface area contributed by atoms with Crippen LogP contribution in [0.2, 0.25) is 0 Å². The molecule has 4 aliphatic carbocycles. The molecule has 5 aliphatic rings. The summed E-state index contributed by atoms with van der Waals surface area (Å²) >= 11 is 0. The number of likely N-dealkylation sites (N-methyl/N-ethyl adjacent to an activating group) is 1. The number of nitrogens with zero attached hydrogens (tertiary/aromatic N) is 10. The van der Waals surface area contributed by atoms with E-state index in [4.69, 9.17) is 14.6 Å². The summed E-state index contributed by atoms with van der Waals surface area (Å²) in [6.07, 6.45) is 5.94. The van der Waals surface area contributed by atoms with Gasteiger partial charge >= 0.3 is 23.9 Å². The van der Waals surface area contributed by atoms with Crippen molar-refractivity contribution < 1.29 is 101 Å². The van der Waals surface area contributed by atoms with Crippen molar-refractivity contribution in [3.8, 4) is 39.7 Å². The second-order valence-electron chi connectivity index (χ2n) is 23.0. The van der Waals surface area contributed by atoms with E-state index in [1.54, 1.807) is 44.3 Å². The number of benzene rings is 2. The van der Waals surface area contributed by atoms with Crippen LogP contribution in [0.4, 0.5) is 0 Å². The SMILES string of the molecule is COc1cccc(OC)c1-c1cc(C(=O)NC2(C(=O)O)C3CC4CC(C3)CC2C4)nn1-c1ccc(-c2cn(CCCN(C)C[C@@H](O)CNC(=O)CN3CCN(CC(=O)O)CCN(CC(=O)O)CCN(CC(=O)O)CC3)nn2)cc1C(C)C.[Lu].